The van der Waals surface area contributed by atoms with Gasteiger partial charge in [-0.1, -0.05) is 19.4 Å². The van der Waals surface area contributed by atoms with Crippen LogP contribution in [0.1, 0.15) is 44.6 Å². The maximum Gasteiger partial charge on any atom is 0.221 e. The summed E-state index contributed by atoms with van der Waals surface area (Å²) in [6.45, 7) is 4.36. The van der Waals surface area contributed by atoms with Crippen LogP contribution in [-0.4, -0.2) is 32.2 Å². The zero-order chi connectivity index (χ0) is 16.5. The third-order valence-corrected chi connectivity index (χ3v) is 4.07. The number of benzene rings is 1. The molecule has 2 rings (SSSR count). The minimum Gasteiger partial charge on any atom is -0.493 e. The van der Waals surface area contributed by atoms with Gasteiger partial charge in [-0.3, -0.25) is 4.79 Å². The second-order valence-corrected chi connectivity index (χ2v) is 5.96. The Kier molecular flexibility index (Phi) is 7.20. The molecule has 5 nitrogen and oxygen atoms in total. The maximum absolute atomic E-state index is 12.0. The lowest BCUT2D eigenvalue weighted by atomic mass is 10.1. The molecule has 1 atom stereocenters. The molecule has 0 aromatic heterocycles. The molecule has 0 aliphatic carbocycles. The van der Waals surface area contributed by atoms with E-state index < -0.39 is 0 Å². The van der Waals surface area contributed by atoms with Crippen molar-refractivity contribution in [1.29, 1.82) is 0 Å². The molecule has 1 aromatic rings. The van der Waals surface area contributed by atoms with E-state index in [9.17, 15) is 4.79 Å². The van der Waals surface area contributed by atoms with Crippen LogP contribution in [-0.2, 0) is 11.3 Å². The van der Waals surface area contributed by atoms with Gasteiger partial charge < -0.3 is 20.1 Å². The van der Waals surface area contributed by atoms with E-state index in [0.29, 0.717) is 31.4 Å². The van der Waals surface area contributed by atoms with Crippen LogP contribution >= 0.6 is 0 Å². The smallest absolute Gasteiger partial charge is 0.221 e. The number of carbonyl (C=O) groups excluding carboxylic acids is 1. The number of methoxy groups -OCH3 is 1. The van der Waals surface area contributed by atoms with Crippen molar-refractivity contribution >= 4 is 5.91 Å². The van der Waals surface area contributed by atoms with E-state index in [2.05, 4.69) is 17.6 Å². The highest BCUT2D eigenvalue weighted by Crippen LogP contribution is 2.28. The fourth-order valence-electron chi connectivity index (χ4n) is 2.70. The highest BCUT2D eigenvalue weighted by Gasteiger charge is 2.17. The summed E-state index contributed by atoms with van der Waals surface area (Å²) in [6, 6.07) is 6.14. The molecule has 1 heterocycles. The number of nitrogens with one attached hydrogen (secondary N) is 2. The lowest BCUT2D eigenvalue weighted by molar-refractivity contribution is -0.121. The molecule has 2 N–H and O–H groups in total. The van der Waals surface area contributed by atoms with Crippen LogP contribution in [0.4, 0.5) is 0 Å². The summed E-state index contributed by atoms with van der Waals surface area (Å²) in [5.74, 6) is 1.56. The van der Waals surface area contributed by atoms with Crippen LogP contribution in [0.25, 0.3) is 0 Å². The average molecular weight is 320 g/mol. The van der Waals surface area contributed by atoms with Crippen molar-refractivity contribution in [3.63, 3.8) is 0 Å². The Balaban J connectivity index is 1.83. The largest absolute Gasteiger partial charge is 0.493 e. The van der Waals surface area contributed by atoms with E-state index in [1.807, 2.05) is 18.2 Å². The van der Waals surface area contributed by atoms with Gasteiger partial charge >= 0.3 is 0 Å². The minimum absolute atomic E-state index is 0.0895. The van der Waals surface area contributed by atoms with Crippen molar-refractivity contribution in [2.24, 2.45) is 0 Å². The molecule has 5 heteroatoms. The van der Waals surface area contributed by atoms with Gasteiger partial charge in [-0.05, 0) is 43.5 Å². The van der Waals surface area contributed by atoms with Crippen molar-refractivity contribution in [3.05, 3.63) is 23.8 Å². The third-order valence-electron chi connectivity index (χ3n) is 4.07. The predicted molar refractivity (Wildman–Crippen MR) is 90.9 cm³/mol. The molecule has 1 amide bonds. The lowest BCUT2D eigenvalue weighted by Crippen LogP contribution is -2.31. The molecule has 0 saturated carbocycles. The molecule has 1 fully saturated rings. The van der Waals surface area contributed by atoms with Crippen LogP contribution < -0.4 is 20.1 Å². The number of carbonyl (C=O) groups is 1. The fourth-order valence-corrected chi connectivity index (χ4v) is 2.70. The molecule has 23 heavy (non-hydrogen) atoms. The number of rotatable bonds is 9. The second-order valence-electron chi connectivity index (χ2n) is 5.96. The molecule has 0 radical (unpaired) electrons. The SMILES string of the molecule is CCCCOc1ccc(CNC(=O)CC2CCCN2)cc1OC. The van der Waals surface area contributed by atoms with Gasteiger partial charge in [0.1, 0.15) is 0 Å². The van der Waals surface area contributed by atoms with E-state index >= 15 is 0 Å². The van der Waals surface area contributed by atoms with Crippen LogP contribution in [0.3, 0.4) is 0 Å². The van der Waals surface area contributed by atoms with Crippen LogP contribution in [0.15, 0.2) is 18.2 Å². The topological polar surface area (TPSA) is 59.6 Å². The number of ether oxygens (including phenoxy) is 2. The molecule has 1 saturated heterocycles. The minimum atomic E-state index is 0.0895. The zero-order valence-electron chi connectivity index (χ0n) is 14.2. The van der Waals surface area contributed by atoms with Crippen molar-refractivity contribution < 1.29 is 14.3 Å². The first-order chi connectivity index (χ1) is 11.2. The molecular formula is C18H28N2O3. The van der Waals surface area contributed by atoms with Gasteiger partial charge in [-0.15, -0.1) is 0 Å². The first-order valence-corrected chi connectivity index (χ1v) is 8.52. The fraction of sp³-hybridized carbons (Fsp3) is 0.611. The number of unbranched alkanes of at least 4 members (excludes halogenated alkanes) is 1. The first-order valence-electron chi connectivity index (χ1n) is 8.52. The molecule has 1 aromatic carbocycles. The Morgan fingerprint density at radius 1 is 1.39 bits per heavy atom. The monoisotopic (exact) mass is 320 g/mol. The summed E-state index contributed by atoms with van der Waals surface area (Å²) in [4.78, 5) is 12.0. The van der Waals surface area contributed by atoms with Crippen LogP contribution in [0.5, 0.6) is 11.5 Å². The van der Waals surface area contributed by atoms with Gasteiger partial charge in [0.2, 0.25) is 5.91 Å². The maximum atomic E-state index is 12.0. The third kappa shape index (κ3) is 5.75. The molecule has 1 unspecified atom stereocenters. The zero-order valence-corrected chi connectivity index (χ0v) is 14.2. The standard InChI is InChI=1S/C18H28N2O3/c1-3-4-10-23-16-8-7-14(11-17(16)22-2)13-20-18(21)12-15-6-5-9-19-15/h7-8,11,15,19H,3-6,9-10,12-13H2,1-2H3,(H,20,21). The molecule has 1 aliphatic rings. The Morgan fingerprint density at radius 2 is 2.26 bits per heavy atom. The highest BCUT2D eigenvalue weighted by atomic mass is 16.5. The van der Waals surface area contributed by atoms with E-state index in [0.717, 1.165) is 43.5 Å². The first kappa shape index (κ1) is 17.6. The normalized spacial score (nSPS) is 17.0. The Hall–Kier alpha value is -1.75. The second kappa shape index (κ2) is 9.40. The number of amides is 1. The average Bonchev–Trinajstić information content (AvgIpc) is 3.06. The van der Waals surface area contributed by atoms with Crippen LogP contribution in [0, 0.1) is 0 Å². The summed E-state index contributed by atoms with van der Waals surface area (Å²) >= 11 is 0. The summed E-state index contributed by atoms with van der Waals surface area (Å²) in [6.07, 6.45) is 4.92. The molecule has 128 valence electrons. The molecule has 0 spiro atoms. The molecule has 0 bridgehead atoms. The summed E-state index contributed by atoms with van der Waals surface area (Å²) in [7, 11) is 1.64. The van der Waals surface area contributed by atoms with Gasteiger partial charge in [0.15, 0.2) is 11.5 Å². The van der Waals surface area contributed by atoms with Crippen LogP contribution in [0.2, 0.25) is 0 Å². The van der Waals surface area contributed by atoms with Gasteiger partial charge in [0.25, 0.3) is 0 Å². The van der Waals surface area contributed by atoms with Gasteiger partial charge in [0.05, 0.1) is 13.7 Å². The Bertz CT molecular complexity index is 499. The van der Waals surface area contributed by atoms with Gasteiger partial charge in [-0.25, -0.2) is 0 Å². The molecular weight excluding hydrogens is 292 g/mol. The lowest BCUT2D eigenvalue weighted by Gasteiger charge is -2.13. The highest BCUT2D eigenvalue weighted by molar-refractivity contribution is 5.76. The number of hydrogen-bond acceptors (Lipinski definition) is 4. The Morgan fingerprint density at radius 3 is 2.96 bits per heavy atom. The van der Waals surface area contributed by atoms with E-state index in [1.165, 1.54) is 0 Å². The van der Waals surface area contributed by atoms with Crippen molar-refractivity contribution in [3.8, 4) is 11.5 Å². The van der Waals surface area contributed by atoms with Gasteiger partial charge in [0, 0.05) is 19.0 Å². The van der Waals surface area contributed by atoms with Crippen molar-refractivity contribution in [2.45, 2.75) is 51.6 Å². The van der Waals surface area contributed by atoms with Crippen molar-refractivity contribution in [1.82, 2.24) is 10.6 Å². The predicted octanol–water partition coefficient (Wildman–Crippen LogP) is 2.63. The van der Waals surface area contributed by atoms with Gasteiger partial charge in [-0.2, -0.15) is 0 Å². The quantitative estimate of drug-likeness (QED) is 0.687. The van der Waals surface area contributed by atoms with E-state index in [-0.39, 0.29) is 5.91 Å². The number of hydrogen-bond donors (Lipinski definition) is 2. The van der Waals surface area contributed by atoms with Crippen molar-refractivity contribution in [2.75, 3.05) is 20.3 Å². The van der Waals surface area contributed by atoms with E-state index in [4.69, 9.17) is 9.47 Å². The summed E-state index contributed by atoms with van der Waals surface area (Å²) in [5.41, 5.74) is 1.01. The summed E-state index contributed by atoms with van der Waals surface area (Å²) < 4.78 is 11.1. The molecule has 1 aliphatic heterocycles. The Labute approximate surface area is 138 Å². The summed E-state index contributed by atoms with van der Waals surface area (Å²) in [5, 5.41) is 6.31. The van der Waals surface area contributed by atoms with E-state index in [1.54, 1.807) is 7.11 Å².